The Bertz CT molecular complexity index is 101. The highest BCUT2D eigenvalue weighted by Gasteiger charge is 2.25. The van der Waals surface area contributed by atoms with Crippen LogP contribution in [0.25, 0.3) is 0 Å². The molecule has 0 saturated carbocycles. The summed E-state index contributed by atoms with van der Waals surface area (Å²) < 4.78 is 4.72. The fourth-order valence-corrected chi connectivity index (χ4v) is 0.608. The van der Waals surface area contributed by atoms with E-state index in [2.05, 4.69) is 5.32 Å². The molecule has 0 aliphatic carbocycles. The van der Waals surface area contributed by atoms with Gasteiger partial charge in [0, 0.05) is 0 Å². The molecular weight excluding hydrogens is 106 g/mol. The standard InChI is InChI=1S/C5H9NO2/c1-3-4(2)8-5(7)6-3/h3-4H,1-2H3,(H,6,7)/t3-,4?/m0/s1. The summed E-state index contributed by atoms with van der Waals surface area (Å²) in [5.41, 5.74) is 0. The Kier molecular flexibility index (Phi) is 1.12. The van der Waals surface area contributed by atoms with Crippen LogP contribution in [0.5, 0.6) is 0 Å². The fourth-order valence-electron chi connectivity index (χ4n) is 0.608. The minimum Gasteiger partial charge on any atom is -0.444 e. The van der Waals surface area contributed by atoms with Crippen molar-refractivity contribution >= 4 is 6.09 Å². The molecule has 1 N–H and O–H groups in total. The lowest BCUT2D eigenvalue weighted by atomic mass is 10.2. The number of carbonyl (C=O) groups is 1. The van der Waals surface area contributed by atoms with Crippen molar-refractivity contribution in [2.24, 2.45) is 0 Å². The van der Waals surface area contributed by atoms with Crippen LogP contribution in [0.2, 0.25) is 0 Å². The average Bonchev–Trinajstić information content (AvgIpc) is 1.85. The molecule has 2 atom stereocenters. The van der Waals surface area contributed by atoms with Crippen molar-refractivity contribution in [3.8, 4) is 0 Å². The van der Waals surface area contributed by atoms with Crippen LogP contribution in [0.15, 0.2) is 0 Å². The molecule has 1 heterocycles. The highest BCUT2D eigenvalue weighted by Crippen LogP contribution is 2.05. The van der Waals surface area contributed by atoms with Gasteiger partial charge in [-0.15, -0.1) is 0 Å². The van der Waals surface area contributed by atoms with Crippen molar-refractivity contribution in [3.05, 3.63) is 0 Å². The summed E-state index contributed by atoms with van der Waals surface area (Å²) in [6.07, 6.45) is -0.271. The van der Waals surface area contributed by atoms with E-state index in [4.69, 9.17) is 4.74 Å². The molecule has 1 unspecified atom stereocenters. The van der Waals surface area contributed by atoms with Crippen molar-refractivity contribution in [1.29, 1.82) is 0 Å². The van der Waals surface area contributed by atoms with E-state index in [1.807, 2.05) is 13.8 Å². The topological polar surface area (TPSA) is 38.3 Å². The van der Waals surface area contributed by atoms with Gasteiger partial charge in [0.25, 0.3) is 0 Å². The first-order chi connectivity index (χ1) is 3.70. The first kappa shape index (κ1) is 5.41. The van der Waals surface area contributed by atoms with Crippen molar-refractivity contribution in [2.75, 3.05) is 0 Å². The molecule has 0 radical (unpaired) electrons. The van der Waals surface area contributed by atoms with Gasteiger partial charge in [0.2, 0.25) is 0 Å². The van der Waals surface area contributed by atoms with Crippen molar-refractivity contribution in [3.63, 3.8) is 0 Å². The molecular formula is C5H9NO2. The van der Waals surface area contributed by atoms with Crippen LogP contribution in [-0.2, 0) is 4.74 Å². The molecule has 3 nitrogen and oxygen atoms in total. The average molecular weight is 115 g/mol. The first-order valence-corrected chi connectivity index (χ1v) is 2.67. The van der Waals surface area contributed by atoms with Crippen LogP contribution in [0.1, 0.15) is 13.8 Å². The maximum absolute atomic E-state index is 10.3. The van der Waals surface area contributed by atoms with Crippen LogP contribution >= 0.6 is 0 Å². The number of cyclic esters (lactones) is 1. The second-order valence-electron chi connectivity index (χ2n) is 2.04. The summed E-state index contributed by atoms with van der Waals surface area (Å²) in [4.78, 5) is 10.3. The fraction of sp³-hybridized carbons (Fsp3) is 0.800. The lowest BCUT2D eigenvalue weighted by molar-refractivity contribution is 0.142. The maximum Gasteiger partial charge on any atom is 0.407 e. The van der Waals surface area contributed by atoms with Gasteiger partial charge < -0.3 is 10.1 Å². The van der Waals surface area contributed by atoms with Crippen LogP contribution in [-0.4, -0.2) is 18.2 Å². The molecule has 1 aliphatic heterocycles. The molecule has 1 rings (SSSR count). The highest BCUT2D eigenvalue weighted by atomic mass is 16.6. The Hall–Kier alpha value is -0.730. The highest BCUT2D eigenvalue weighted by molar-refractivity contribution is 5.69. The van der Waals surface area contributed by atoms with Gasteiger partial charge in [-0.05, 0) is 13.8 Å². The molecule has 0 spiro atoms. The monoisotopic (exact) mass is 115 g/mol. The number of carbonyl (C=O) groups excluding carboxylic acids is 1. The SMILES string of the molecule is CC1OC(=O)N[C@H]1C. The normalized spacial score (nSPS) is 36.5. The Morgan fingerprint density at radius 3 is 2.38 bits per heavy atom. The van der Waals surface area contributed by atoms with E-state index in [0.717, 1.165) is 0 Å². The van der Waals surface area contributed by atoms with Gasteiger partial charge in [0.1, 0.15) is 6.10 Å². The Labute approximate surface area is 48.0 Å². The van der Waals surface area contributed by atoms with Crippen LogP contribution in [0, 0.1) is 0 Å². The van der Waals surface area contributed by atoms with E-state index in [1.165, 1.54) is 0 Å². The molecule has 1 aliphatic rings. The van der Waals surface area contributed by atoms with E-state index in [1.54, 1.807) is 0 Å². The van der Waals surface area contributed by atoms with Gasteiger partial charge in [-0.2, -0.15) is 0 Å². The molecule has 3 heteroatoms. The van der Waals surface area contributed by atoms with Crippen LogP contribution in [0.3, 0.4) is 0 Å². The molecule has 8 heavy (non-hydrogen) atoms. The van der Waals surface area contributed by atoms with E-state index >= 15 is 0 Å². The van der Waals surface area contributed by atoms with E-state index < -0.39 is 0 Å². The summed E-state index contributed by atoms with van der Waals surface area (Å²) in [6.45, 7) is 3.78. The van der Waals surface area contributed by atoms with E-state index in [-0.39, 0.29) is 18.2 Å². The Balaban J connectivity index is 2.51. The molecule has 0 aromatic rings. The quantitative estimate of drug-likeness (QED) is 0.499. The van der Waals surface area contributed by atoms with Gasteiger partial charge in [-0.1, -0.05) is 0 Å². The molecule has 0 aromatic carbocycles. The van der Waals surface area contributed by atoms with Gasteiger partial charge in [-0.25, -0.2) is 4.79 Å². The first-order valence-electron chi connectivity index (χ1n) is 2.67. The third-order valence-electron chi connectivity index (χ3n) is 1.34. The summed E-state index contributed by atoms with van der Waals surface area (Å²) in [5.74, 6) is 0. The molecule has 46 valence electrons. The zero-order valence-corrected chi connectivity index (χ0v) is 4.97. The number of alkyl carbamates (subject to hydrolysis) is 1. The summed E-state index contributed by atoms with van der Waals surface area (Å²) >= 11 is 0. The number of nitrogens with one attached hydrogen (secondary N) is 1. The summed E-state index contributed by atoms with van der Waals surface area (Å²) in [7, 11) is 0. The van der Waals surface area contributed by atoms with Crippen molar-refractivity contribution in [1.82, 2.24) is 5.32 Å². The lowest BCUT2D eigenvalue weighted by Gasteiger charge is -2.02. The Morgan fingerprint density at radius 2 is 2.25 bits per heavy atom. The van der Waals surface area contributed by atoms with Crippen molar-refractivity contribution in [2.45, 2.75) is 26.0 Å². The molecule has 1 amide bonds. The zero-order chi connectivity index (χ0) is 6.15. The number of hydrogen-bond acceptors (Lipinski definition) is 2. The van der Waals surface area contributed by atoms with E-state index in [9.17, 15) is 4.79 Å². The minimum absolute atomic E-state index is 0.0301. The number of ether oxygens (including phenoxy) is 1. The summed E-state index contributed by atoms with van der Waals surface area (Å²) in [5, 5.41) is 2.61. The molecule has 0 bridgehead atoms. The second kappa shape index (κ2) is 1.65. The minimum atomic E-state index is -0.301. The molecule has 1 saturated heterocycles. The number of rotatable bonds is 0. The number of hydrogen-bond donors (Lipinski definition) is 1. The predicted octanol–water partition coefficient (Wildman–Crippen LogP) is 0.503. The number of amides is 1. The van der Waals surface area contributed by atoms with Crippen LogP contribution in [0.4, 0.5) is 4.79 Å². The third-order valence-corrected chi connectivity index (χ3v) is 1.34. The van der Waals surface area contributed by atoms with E-state index in [0.29, 0.717) is 0 Å². The van der Waals surface area contributed by atoms with Gasteiger partial charge in [-0.3, -0.25) is 0 Å². The maximum atomic E-state index is 10.3. The zero-order valence-electron chi connectivity index (χ0n) is 4.97. The van der Waals surface area contributed by atoms with Crippen molar-refractivity contribution < 1.29 is 9.53 Å². The summed E-state index contributed by atoms with van der Waals surface area (Å²) in [6, 6.07) is 0.169. The van der Waals surface area contributed by atoms with Crippen LogP contribution < -0.4 is 5.32 Å². The van der Waals surface area contributed by atoms with Gasteiger partial charge >= 0.3 is 6.09 Å². The predicted molar refractivity (Wildman–Crippen MR) is 28.5 cm³/mol. The third kappa shape index (κ3) is 0.757. The Morgan fingerprint density at radius 1 is 1.62 bits per heavy atom. The van der Waals surface area contributed by atoms with Gasteiger partial charge in [0.15, 0.2) is 0 Å². The molecule has 1 fully saturated rings. The van der Waals surface area contributed by atoms with Gasteiger partial charge in [0.05, 0.1) is 6.04 Å². The second-order valence-corrected chi connectivity index (χ2v) is 2.04. The lowest BCUT2D eigenvalue weighted by Crippen LogP contribution is -2.25. The largest absolute Gasteiger partial charge is 0.444 e. The molecule has 0 aromatic heterocycles. The smallest absolute Gasteiger partial charge is 0.407 e.